The smallest absolute Gasteiger partial charge is 0.133 e. The number of aromatic nitrogens is 2. The third-order valence-electron chi connectivity index (χ3n) is 3.01. The maximum Gasteiger partial charge on any atom is 0.133 e. The van der Waals surface area contributed by atoms with Crippen molar-refractivity contribution in [2.45, 2.75) is 19.4 Å². The van der Waals surface area contributed by atoms with E-state index < -0.39 is 17.7 Å². The molecule has 2 N–H and O–H groups in total. The van der Waals surface area contributed by atoms with Crippen LogP contribution in [0.4, 0.5) is 8.78 Å². The van der Waals surface area contributed by atoms with E-state index in [1.807, 2.05) is 7.05 Å². The minimum absolute atomic E-state index is 0.0713. The lowest BCUT2D eigenvalue weighted by molar-refractivity contribution is 0.513. The Morgan fingerprint density at radius 2 is 2.11 bits per heavy atom. The minimum atomic E-state index is -0.744. The van der Waals surface area contributed by atoms with Crippen molar-refractivity contribution in [3.63, 3.8) is 0 Å². The summed E-state index contributed by atoms with van der Waals surface area (Å²) in [6.07, 6.45) is 3.69. The first-order valence-electron chi connectivity index (χ1n) is 5.67. The third-order valence-corrected chi connectivity index (χ3v) is 3.01. The summed E-state index contributed by atoms with van der Waals surface area (Å²) in [4.78, 5) is 4.10. The van der Waals surface area contributed by atoms with Crippen molar-refractivity contribution in [1.82, 2.24) is 9.55 Å². The highest BCUT2D eigenvalue weighted by molar-refractivity contribution is 5.29. The Kier molecular flexibility index (Phi) is 3.43. The van der Waals surface area contributed by atoms with E-state index in [1.54, 1.807) is 23.9 Å². The second-order valence-electron chi connectivity index (χ2n) is 4.36. The summed E-state index contributed by atoms with van der Waals surface area (Å²) in [5, 5.41) is 0. The first-order chi connectivity index (χ1) is 8.50. The first-order valence-corrected chi connectivity index (χ1v) is 5.67. The predicted molar refractivity (Wildman–Crippen MR) is 64.9 cm³/mol. The van der Waals surface area contributed by atoms with Gasteiger partial charge in [-0.2, -0.15) is 0 Å². The Morgan fingerprint density at radius 1 is 1.39 bits per heavy atom. The third kappa shape index (κ3) is 2.26. The zero-order chi connectivity index (χ0) is 13.3. The molecule has 0 saturated carbocycles. The van der Waals surface area contributed by atoms with Gasteiger partial charge in [0.15, 0.2) is 0 Å². The zero-order valence-electron chi connectivity index (χ0n) is 10.3. The summed E-state index contributed by atoms with van der Waals surface area (Å²) in [6, 6.07) is 1.90. The van der Waals surface area contributed by atoms with Gasteiger partial charge in [-0.1, -0.05) is 6.07 Å². The van der Waals surface area contributed by atoms with E-state index >= 15 is 0 Å². The van der Waals surface area contributed by atoms with Crippen LogP contribution in [0.1, 0.15) is 23.0 Å². The Balaban J connectivity index is 2.32. The quantitative estimate of drug-likeness (QED) is 0.909. The molecule has 1 unspecified atom stereocenters. The van der Waals surface area contributed by atoms with Crippen molar-refractivity contribution in [3.8, 4) is 0 Å². The molecule has 0 saturated heterocycles. The van der Waals surface area contributed by atoms with E-state index in [9.17, 15) is 8.78 Å². The van der Waals surface area contributed by atoms with E-state index in [4.69, 9.17) is 5.73 Å². The van der Waals surface area contributed by atoms with E-state index in [0.29, 0.717) is 17.8 Å². The average molecular weight is 251 g/mol. The van der Waals surface area contributed by atoms with Crippen LogP contribution in [0.3, 0.4) is 0 Å². The maximum atomic E-state index is 13.9. The molecule has 3 nitrogen and oxygen atoms in total. The number of nitrogens with two attached hydrogens (primary N) is 1. The lowest BCUT2D eigenvalue weighted by atomic mass is 10.0. The number of imidazole rings is 1. The summed E-state index contributed by atoms with van der Waals surface area (Å²) >= 11 is 0. The van der Waals surface area contributed by atoms with Crippen molar-refractivity contribution in [1.29, 1.82) is 0 Å². The van der Waals surface area contributed by atoms with Crippen molar-refractivity contribution >= 4 is 0 Å². The number of benzene rings is 1. The summed E-state index contributed by atoms with van der Waals surface area (Å²) in [5.41, 5.74) is 6.21. The van der Waals surface area contributed by atoms with Gasteiger partial charge in [0.05, 0.1) is 0 Å². The van der Waals surface area contributed by atoms with Crippen LogP contribution in [0.25, 0.3) is 0 Å². The first kappa shape index (κ1) is 12.7. The SMILES string of the molecule is Cc1ccc(F)c(C(N)Cc2nccn2C)c1F. The van der Waals surface area contributed by atoms with Crippen LogP contribution in [-0.4, -0.2) is 9.55 Å². The largest absolute Gasteiger partial charge is 0.338 e. The van der Waals surface area contributed by atoms with Gasteiger partial charge >= 0.3 is 0 Å². The molecule has 1 atom stereocenters. The molecule has 96 valence electrons. The molecule has 2 rings (SSSR count). The number of hydrogen-bond donors (Lipinski definition) is 1. The molecule has 0 radical (unpaired) electrons. The number of halogens is 2. The second-order valence-corrected chi connectivity index (χ2v) is 4.36. The van der Waals surface area contributed by atoms with Crippen LogP contribution >= 0.6 is 0 Å². The van der Waals surface area contributed by atoms with Crippen LogP contribution in [0.5, 0.6) is 0 Å². The molecule has 0 spiro atoms. The van der Waals surface area contributed by atoms with Gasteiger partial charge in [0, 0.05) is 37.5 Å². The standard InChI is InChI=1S/C13H15F2N3/c1-8-3-4-9(14)12(13(8)15)10(16)7-11-17-5-6-18(11)2/h3-6,10H,7,16H2,1-2H3. The summed E-state index contributed by atoms with van der Waals surface area (Å²) < 4.78 is 29.3. The predicted octanol–water partition coefficient (Wildman–Crippen LogP) is 2.25. The number of hydrogen-bond acceptors (Lipinski definition) is 2. The normalized spacial score (nSPS) is 12.7. The van der Waals surface area contributed by atoms with Crippen molar-refractivity contribution in [2.24, 2.45) is 12.8 Å². The zero-order valence-corrected chi connectivity index (χ0v) is 10.3. The molecular formula is C13H15F2N3. The molecule has 0 aliphatic heterocycles. The molecule has 0 aliphatic carbocycles. The van der Waals surface area contributed by atoms with Crippen LogP contribution < -0.4 is 5.73 Å². The second kappa shape index (κ2) is 4.86. The van der Waals surface area contributed by atoms with Gasteiger partial charge in [-0.25, -0.2) is 13.8 Å². The van der Waals surface area contributed by atoms with Gasteiger partial charge in [-0.15, -0.1) is 0 Å². The van der Waals surface area contributed by atoms with Crippen LogP contribution in [0.2, 0.25) is 0 Å². The number of aryl methyl sites for hydroxylation is 2. The van der Waals surface area contributed by atoms with Gasteiger partial charge in [0.2, 0.25) is 0 Å². The van der Waals surface area contributed by atoms with Crippen molar-refractivity contribution in [2.75, 3.05) is 0 Å². The van der Waals surface area contributed by atoms with Gasteiger partial charge in [-0.05, 0) is 18.6 Å². The molecule has 18 heavy (non-hydrogen) atoms. The highest BCUT2D eigenvalue weighted by Crippen LogP contribution is 2.23. The molecule has 0 amide bonds. The van der Waals surface area contributed by atoms with Crippen molar-refractivity contribution < 1.29 is 8.78 Å². The fourth-order valence-corrected chi connectivity index (χ4v) is 1.91. The molecule has 0 bridgehead atoms. The Bertz CT molecular complexity index is 563. The van der Waals surface area contributed by atoms with Gasteiger partial charge in [0.1, 0.15) is 17.5 Å². The average Bonchev–Trinajstić information content (AvgIpc) is 2.70. The van der Waals surface area contributed by atoms with Gasteiger partial charge in [0.25, 0.3) is 0 Å². The summed E-state index contributed by atoms with van der Waals surface area (Å²) in [5.74, 6) is -0.487. The topological polar surface area (TPSA) is 43.8 Å². The minimum Gasteiger partial charge on any atom is -0.338 e. The van der Waals surface area contributed by atoms with Crippen LogP contribution in [0.15, 0.2) is 24.5 Å². The highest BCUT2D eigenvalue weighted by Gasteiger charge is 2.19. The van der Waals surface area contributed by atoms with Crippen LogP contribution in [0, 0.1) is 18.6 Å². The Hall–Kier alpha value is -1.75. The molecule has 1 aromatic heterocycles. The fourth-order valence-electron chi connectivity index (χ4n) is 1.91. The molecule has 1 heterocycles. The monoisotopic (exact) mass is 251 g/mol. The van der Waals surface area contributed by atoms with Gasteiger partial charge in [-0.3, -0.25) is 0 Å². The maximum absolute atomic E-state index is 13.9. The fraction of sp³-hybridized carbons (Fsp3) is 0.308. The Morgan fingerprint density at radius 3 is 2.72 bits per heavy atom. The molecule has 2 aromatic rings. The summed E-state index contributed by atoms with van der Waals surface area (Å²) in [7, 11) is 1.82. The van der Waals surface area contributed by atoms with E-state index in [0.717, 1.165) is 0 Å². The molecular weight excluding hydrogens is 236 g/mol. The number of rotatable bonds is 3. The highest BCUT2D eigenvalue weighted by atomic mass is 19.1. The molecule has 1 aromatic carbocycles. The lowest BCUT2D eigenvalue weighted by Gasteiger charge is -2.15. The molecule has 5 heteroatoms. The lowest BCUT2D eigenvalue weighted by Crippen LogP contribution is -2.19. The number of nitrogens with zero attached hydrogens (tertiary/aromatic N) is 2. The molecule has 0 aliphatic rings. The van der Waals surface area contributed by atoms with Crippen molar-refractivity contribution in [3.05, 3.63) is 53.1 Å². The van der Waals surface area contributed by atoms with E-state index in [2.05, 4.69) is 4.98 Å². The van der Waals surface area contributed by atoms with E-state index in [1.165, 1.54) is 12.1 Å². The van der Waals surface area contributed by atoms with E-state index in [-0.39, 0.29) is 5.56 Å². The van der Waals surface area contributed by atoms with Gasteiger partial charge < -0.3 is 10.3 Å². The Labute approximate surface area is 104 Å². The van der Waals surface area contributed by atoms with Crippen LogP contribution in [-0.2, 0) is 13.5 Å². The molecule has 0 fully saturated rings. The summed E-state index contributed by atoms with van der Waals surface area (Å²) in [6.45, 7) is 1.59.